The summed E-state index contributed by atoms with van der Waals surface area (Å²) in [6.07, 6.45) is 1.66. The van der Waals surface area contributed by atoms with Crippen molar-refractivity contribution in [2.45, 2.75) is 5.92 Å². The zero-order valence-corrected chi connectivity index (χ0v) is 14.4. The molecule has 1 aliphatic rings. The zero-order chi connectivity index (χ0) is 18.7. The van der Waals surface area contributed by atoms with E-state index in [1.54, 1.807) is 31.4 Å². The highest BCUT2D eigenvalue weighted by molar-refractivity contribution is 5.60. The third kappa shape index (κ3) is 3.03. The smallest absolute Gasteiger partial charge is 0.205 e. The Hall–Kier alpha value is -3.59. The lowest BCUT2D eigenvalue weighted by atomic mass is 9.83. The van der Waals surface area contributed by atoms with Crippen molar-refractivity contribution in [3.8, 4) is 23.3 Å². The number of hydrogen-bond donors (Lipinski definition) is 2. The Morgan fingerprint density at radius 3 is 2.73 bits per heavy atom. The average Bonchev–Trinajstić information content (AvgIpc) is 2.65. The Balaban J connectivity index is 2.12. The highest BCUT2D eigenvalue weighted by Crippen LogP contribution is 2.44. The summed E-state index contributed by atoms with van der Waals surface area (Å²) in [5.74, 6) is 1.38. The molecule has 132 valence electrons. The minimum atomic E-state index is -0.383. The summed E-state index contributed by atoms with van der Waals surface area (Å²) < 4.78 is 16.6. The molecule has 0 fully saturated rings. The fourth-order valence-corrected chi connectivity index (χ4v) is 2.95. The third-order valence-electron chi connectivity index (χ3n) is 4.12. The normalized spacial score (nSPS) is 15.5. The standard InChI is InChI=1S/C20H19N3O3/c1-3-8-25-16-7-4-12(9-18(16)24-2)19-14-6-5-13(22)10-17(14)26-20(23)15(19)11-21/h3-7,9-10,19H,1,8,22-23H2,2H3/t19-/m0/s1. The van der Waals surface area contributed by atoms with Crippen LogP contribution in [0, 0.1) is 11.3 Å². The van der Waals surface area contributed by atoms with Crippen molar-refractivity contribution in [1.29, 1.82) is 5.26 Å². The molecule has 2 aromatic carbocycles. The molecule has 0 radical (unpaired) electrons. The van der Waals surface area contributed by atoms with Gasteiger partial charge in [-0.2, -0.15) is 5.26 Å². The predicted octanol–water partition coefficient (Wildman–Crippen LogP) is 3.06. The number of nitriles is 1. The van der Waals surface area contributed by atoms with E-state index in [9.17, 15) is 5.26 Å². The molecule has 4 N–H and O–H groups in total. The molecule has 1 atom stereocenters. The maximum absolute atomic E-state index is 9.61. The van der Waals surface area contributed by atoms with Crippen molar-refractivity contribution < 1.29 is 14.2 Å². The maximum Gasteiger partial charge on any atom is 0.205 e. The first kappa shape index (κ1) is 17.2. The number of allylic oxidation sites excluding steroid dienone is 1. The van der Waals surface area contributed by atoms with Crippen molar-refractivity contribution in [2.24, 2.45) is 5.73 Å². The van der Waals surface area contributed by atoms with Gasteiger partial charge in [0.2, 0.25) is 5.88 Å². The van der Waals surface area contributed by atoms with E-state index < -0.39 is 0 Å². The molecule has 1 heterocycles. The van der Waals surface area contributed by atoms with Crippen molar-refractivity contribution in [1.82, 2.24) is 0 Å². The molecule has 0 bridgehead atoms. The van der Waals surface area contributed by atoms with Crippen LogP contribution in [0.4, 0.5) is 5.69 Å². The quantitative estimate of drug-likeness (QED) is 0.635. The van der Waals surface area contributed by atoms with Crippen LogP contribution < -0.4 is 25.7 Å². The number of methoxy groups -OCH3 is 1. The number of anilines is 1. The van der Waals surface area contributed by atoms with E-state index in [0.717, 1.165) is 11.1 Å². The molecule has 6 nitrogen and oxygen atoms in total. The van der Waals surface area contributed by atoms with Gasteiger partial charge in [0.25, 0.3) is 0 Å². The number of nitrogens with two attached hydrogens (primary N) is 2. The SMILES string of the molecule is C=CCOc1ccc([C@@H]2C(C#N)=C(N)Oc3cc(N)ccc32)cc1OC. The number of nitrogens with zero attached hydrogens (tertiary/aromatic N) is 1. The van der Waals surface area contributed by atoms with Crippen LogP contribution >= 0.6 is 0 Å². The number of rotatable bonds is 5. The molecule has 0 aromatic heterocycles. The van der Waals surface area contributed by atoms with Crippen LogP contribution in [0.1, 0.15) is 17.0 Å². The Labute approximate surface area is 151 Å². The number of ether oxygens (including phenoxy) is 3. The number of nitrogen functional groups attached to an aromatic ring is 1. The Morgan fingerprint density at radius 1 is 1.23 bits per heavy atom. The summed E-state index contributed by atoms with van der Waals surface area (Å²) in [6, 6.07) is 13.0. The summed E-state index contributed by atoms with van der Waals surface area (Å²) in [5.41, 5.74) is 14.4. The first-order valence-electron chi connectivity index (χ1n) is 7.97. The lowest BCUT2D eigenvalue weighted by Crippen LogP contribution is -2.21. The van der Waals surface area contributed by atoms with Gasteiger partial charge in [0.05, 0.1) is 13.0 Å². The van der Waals surface area contributed by atoms with Crippen molar-refractivity contribution in [3.63, 3.8) is 0 Å². The van der Waals surface area contributed by atoms with Crippen LogP contribution in [0.15, 0.2) is 60.5 Å². The number of hydrogen-bond acceptors (Lipinski definition) is 6. The molecule has 2 aromatic rings. The molecular formula is C20H19N3O3. The second-order valence-electron chi connectivity index (χ2n) is 5.73. The molecule has 0 amide bonds. The van der Waals surface area contributed by atoms with Gasteiger partial charge in [-0.05, 0) is 23.8 Å². The first-order valence-corrected chi connectivity index (χ1v) is 7.97. The summed E-state index contributed by atoms with van der Waals surface area (Å²) in [6.45, 7) is 4.00. The highest BCUT2D eigenvalue weighted by Gasteiger charge is 2.31. The molecule has 26 heavy (non-hydrogen) atoms. The average molecular weight is 349 g/mol. The van der Waals surface area contributed by atoms with E-state index >= 15 is 0 Å². The topological polar surface area (TPSA) is 104 Å². The lowest BCUT2D eigenvalue weighted by molar-refractivity contribution is 0.326. The number of fused-ring (bicyclic) bond motifs is 1. The van der Waals surface area contributed by atoms with Crippen molar-refractivity contribution >= 4 is 5.69 Å². The molecular weight excluding hydrogens is 330 g/mol. The Morgan fingerprint density at radius 2 is 2.04 bits per heavy atom. The van der Waals surface area contributed by atoms with Gasteiger partial charge in [0.1, 0.15) is 24.0 Å². The van der Waals surface area contributed by atoms with Gasteiger partial charge in [0, 0.05) is 17.3 Å². The van der Waals surface area contributed by atoms with Crippen LogP contribution in [0.25, 0.3) is 0 Å². The van der Waals surface area contributed by atoms with E-state index in [1.165, 1.54) is 0 Å². The van der Waals surface area contributed by atoms with E-state index in [0.29, 0.717) is 35.1 Å². The zero-order valence-electron chi connectivity index (χ0n) is 14.4. The van der Waals surface area contributed by atoms with E-state index in [2.05, 4.69) is 12.6 Å². The monoisotopic (exact) mass is 349 g/mol. The van der Waals surface area contributed by atoms with E-state index in [-0.39, 0.29) is 11.8 Å². The highest BCUT2D eigenvalue weighted by atomic mass is 16.5. The predicted molar refractivity (Wildman–Crippen MR) is 98.8 cm³/mol. The molecule has 0 spiro atoms. The maximum atomic E-state index is 9.61. The number of benzene rings is 2. The van der Waals surface area contributed by atoms with Crippen LogP contribution in [-0.4, -0.2) is 13.7 Å². The van der Waals surface area contributed by atoms with Gasteiger partial charge in [0.15, 0.2) is 11.5 Å². The minimum Gasteiger partial charge on any atom is -0.493 e. The summed E-state index contributed by atoms with van der Waals surface area (Å²) in [5, 5.41) is 9.61. The summed E-state index contributed by atoms with van der Waals surface area (Å²) in [4.78, 5) is 0. The second-order valence-corrected chi connectivity index (χ2v) is 5.73. The van der Waals surface area contributed by atoms with Crippen LogP contribution in [-0.2, 0) is 0 Å². The van der Waals surface area contributed by atoms with Crippen LogP contribution in [0.3, 0.4) is 0 Å². The van der Waals surface area contributed by atoms with Gasteiger partial charge in [-0.15, -0.1) is 0 Å². The van der Waals surface area contributed by atoms with Gasteiger partial charge in [-0.3, -0.25) is 0 Å². The molecule has 0 saturated heterocycles. The van der Waals surface area contributed by atoms with E-state index in [1.807, 2.05) is 18.2 Å². The van der Waals surface area contributed by atoms with Gasteiger partial charge >= 0.3 is 0 Å². The van der Waals surface area contributed by atoms with Gasteiger partial charge in [-0.25, -0.2) is 0 Å². The largest absolute Gasteiger partial charge is 0.493 e. The molecule has 1 aliphatic heterocycles. The molecule has 0 aliphatic carbocycles. The van der Waals surface area contributed by atoms with Crippen molar-refractivity contribution in [3.05, 3.63) is 71.6 Å². The van der Waals surface area contributed by atoms with Gasteiger partial charge < -0.3 is 25.7 Å². The third-order valence-corrected chi connectivity index (χ3v) is 4.12. The molecule has 6 heteroatoms. The lowest BCUT2D eigenvalue weighted by Gasteiger charge is -2.27. The summed E-state index contributed by atoms with van der Waals surface area (Å²) in [7, 11) is 1.56. The van der Waals surface area contributed by atoms with Gasteiger partial charge in [-0.1, -0.05) is 24.8 Å². The minimum absolute atomic E-state index is 0.0709. The summed E-state index contributed by atoms with van der Waals surface area (Å²) >= 11 is 0. The van der Waals surface area contributed by atoms with Crippen LogP contribution in [0.2, 0.25) is 0 Å². The Bertz CT molecular complexity index is 928. The van der Waals surface area contributed by atoms with Crippen molar-refractivity contribution in [2.75, 3.05) is 19.5 Å². The van der Waals surface area contributed by atoms with E-state index in [4.69, 9.17) is 25.7 Å². The Kier molecular flexibility index (Phi) is 4.72. The molecule has 0 saturated carbocycles. The fourth-order valence-electron chi connectivity index (χ4n) is 2.95. The first-order chi connectivity index (χ1) is 12.6. The molecule has 3 rings (SSSR count). The second kappa shape index (κ2) is 7.11. The molecule has 0 unspecified atom stereocenters. The van der Waals surface area contributed by atoms with Crippen LogP contribution in [0.5, 0.6) is 17.2 Å². The fraction of sp³-hybridized carbons (Fsp3) is 0.150.